The van der Waals surface area contributed by atoms with Gasteiger partial charge in [-0.1, -0.05) is 0 Å². The predicted molar refractivity (Wildman–Crippen MR) is 63.8 cm³/mol. The summed E-state index contributed by atoms with van der Waals surface area (Å²) >= 11 is 0. The fourth-order valence-corrected chi connectivity index (χ4v) is 1.39. The SMILES string of the molecule is CC(CCCC(=O)O)Nc1nc[nH]c(=O)c1N. The molecule has 1 atom stereocenters. The Kier molecular flexibility index (Phi) is 4.50. The molecule has 94 valence electrons. The van der Waals surface area contributed by atoms with E-state index in [-0.39, 0.29) is 23.7 Å². The molecular weight excluding hydrogens is 224 g/mol. The van der Waals surface area contributed by atoms with Crippen molar-refractivity contribution >= 4 is 17.5 Å². The monoisotopic (exact) mass is 240 g/mol. The number of carboxylic acid groups (broad SMARTS) is 1. The van der Waals surface area contributed by atoms with Crippen molar-refractivity contribution < 1.29 is 9.90 Å². The molecule has 0 saturated carbocycles. The number of nitrogens with two attached hydrogens (primary N) is 1. The smallest absolute Gasteiger partial charge is 0.303 e. The molecule has 7 heteroatoms. The molecule has 0 aliphatic heterocycles. The minimum Gasteiger partial charge on any atom is -0.481 e. The Labute approximate surface area is 98.1 Å². The third-order valence-electron chi connectivity index (χ3n) is 2.30. The molecular formula is C10H16N4O3. The number of anilines is 2. The largest absolute Gasteiger partial charge is 0.481 e. The Morgan fingerprint density at radius 1 is 1.71 bits per heavy atom. The van der Waals surface area contributed by atoms with Crippen molar-refractivity contribution in [2.45, 2.75) is 32.2 Å². The second-order valence-electron chi connectivity index (χ2n) is 3.83. The third kappa shape index (κ3) is 4.13. The van der Waals surface area contributed by atoms with Crippen molar-refractivity contribution in [3.63, 3.8) is 0 Å². The molecule has 0 aliphatic rings. The van der Waals surface area contributed by atoms with E-state index < -0.39 is 5.97 Å². The molecule has 0 aliphatic carbocycles. The molecule has 0 spiro atoms. The van der Waals surface area contributed by atoms with Crippen LogP contribution in [0.5, 0.6) is 0 Å². The molecule has 0 saturated heterocycles. The van der Waals surface area contributed by atoms with Gasteiger partial charge >= 0.3 is 5.97 Å². The molecule has 1 rings (SSSR count). The van der Waals surface area contributed by atoms with Gasteiger partial charge in [0.25, 0.3) is 5.56 Å². The van der Waals surface area contributed by atoms with E-state index in [1.165, 1.54) is 6.33 Å². The molecule has 17 heavy (non-hydrogen) atoms. The second kappa shape index (κ2) is 5.88. The summed E-state index contributed by atoms with van der Waals surface area (Å²) in [6.45, 7) is 1.88. The first kappa shape index (κ1) is 13.0. The maximum absolute atomic E-state index is 11.2. The van der Waals surface area contributed by atoms with E-state index >= 15 is 0 Å². The minimum atomic E-state index is -0.814. The van der Waals surface area contributed by atoms with Crippen molar-refractivity contribution in [1.82, 2.24) is 9.97 Å². The number of aromatic nitrogens is 2. The molecule has 5 N–H and O–H groups in total. The summed E-state index contributed by atoms with van der Waals surface area (Å²) in [7, 11) is 0. The van der Waals surface area contributed by atoms with E-state index in [1.807, 2.05) is 6.92 Å². The Balaban J connectivity index is 2.50. The second-order valence-corrected chi connectivity index (χ2v) is 3.83. The van der Waals surface area contributed by atoms with Gasteiger partial charge in [0.1, 0.15) is 5.69 Å². The number of rotatable bonds is 6. The number of aliphatic carboxylic acids is 1. The number of nitrogens with one attached hydrogen (secondary N) is 2. The lowest BCUT2D eigenvalue weighted by molar-refractivity contribution is -0.137. The van der Waals surface area contributed by atoms with Gasteiger partial charge in [-0.2, -0.15) is 0 Å². The van der Waals surface area contributed by atoms with Crippen molar-refractivity contribution in [2.75, 3.05) is 11.1 Å². The van der Waals surface area contributed by atoms with Crippen LogP contribution in [0, 0.1) is 0 Å². The lowest BCUT2D eigenvalue weighted by Crippen LogP contribution is -2.21. The van der Waals surface area contributed by atoms with Crippen LogP contribution in [0.4, 0.5) is 11.5 Å². The summed E-state index contributed by atoms with van der Waals surface area (Å²) in [4.78, 5) is 27.8. The first-order valence-corrected chi connectivity index (χ1v) is 5.32. The fourth-order valence-electron chi connectivity index (χ4n) is 1.39. The Hall–Kier alpha value is -2.05. The van der Waals surface area contributed by atoms with Crippen LogP contribution in [0.1, 0.15) is 26.2 Å². The zero-order chi connectivity index (χ0) is 12.8. The van der Waals surface area contributed by atoms with Crippen LogP contribution in [0.15, 0.2) is 11.1 Å². The zero-order valence-electron chi connectivity index (χ0n) is 9.56. The van der Waals surface area contributed by atoms with Crippen molar-refractivity contribution in [2.24, 2.45) is 0 Å². The van der Waals surface area contributed by atoms with Crippen LogP contribution in [0.25, 0.3) is 0 Å². The molecule has 1 aromatic rings. The number of carboxylic acids is 1. The summed E-state index contributed by atoms with van der Waals surface area (Å²) in [5, 5.41) is 11.5. The molecule has 0 aromatic carbocycles. The lowest BCUT2D eigenvalue weighted by atomic mass is 10.1. The van der Waals surface area contributed by atoms with Gasteiger partial charge in [0.2, 0.25) is 0 Å². The topological polar surface area (TPSA) is 121 Å². The normalized spacial score (nSPS) is 12.1. The number of nitrogen functional groups attached to an aromatic ring is 1. The number of carbonyl (C=O) groups is 1. The van der Waals surface area contributed by atoms with E-state index in [0.717, 1.165) is 0 Å². The van der Waals surface area contributed by atoms with Gasteiger partial charge in [-0.3, -0.25) is 9.59 Å². The standard InChI is InChI=1S/C10H16N4O3/c1-6(3-2-4-7(15)16)14-9-8(11)10(17)13-5-12-9/h5-6H,2-4,11H2,1H3,(H,15,16)(H2,12,13,14,17). The van der Waals surface area contributed by atoms with Crippen molar-refractivity contribution in [3.05, 3.63) is 16.7 Å². The average molecular weight is 240 g/mol. The summed E-state index contributed by atoms with van der Waals surface area (Å²) in [5.74, 6) is -0.484. The van der Waals surface area contributed by atoms with Gasteiger partial charge < -0.3 is 21.1 Å². The number of H-pyrrole nitrogens is 1. The molecule has 1 heterocycles. The molecule has 7 nitrogen and oxygen atoms in total. The van der Waals surface area contributed by atoms with E-state index in [2.05, 4.69) is 15.3 Å². The summed E-state index contributed by atoms with van der Waals surface area (Å²) in [6, 6.07) is 0.00551. The number of hydrogen-bond acceptors (Lipinski definition) is 5. The van der Waals surface area contributed by atoms with Crippen LogP contribution < -0.4 is 16.6 Å². The lowest BCUT2D eigenvalue weighted by Gasteiger charge is -2.14. The van der Waals surface area contributed by atoms with E-state index in [0.29, 0.717) is 18.7 Å². The first-order valence-electron chi connectivity index (χ1n) is 5.32. The van der Waals surface area contributed by atoms with Crippen LogP contribution in [0.3, 0.4) is 0 Å². The molecule has 0 fully saturated rings. The van der Waals surface area contributed by atoms with Gasteiger partial charge in [0.05, 0.1) is 6.33 Å². The average Bonchev–Trinajstić information content (AvgIpc) is 2.24. The van der Waals surface area contributed by atoms with E-state index in [9.17, 15) is 9.59 Å². The molecule has 0 bridgehead atoms. The summed E-state index contributed by atoms with van der Waals surface area (Å²) in [6.07, 6.45) is 2.63. The summed E-state index contributed by atoms with van der Waals surface area (Å²) < 4.78 is 0. The van der Waals surface area contributed by atoms with E-state index in [1.54, 1.807) is 0 Å². The Morgan fingerprint density at radius 3 is 3.06 bits per heavy atom. The van der Waals surface area contributed by atoms with Crippen LogP contribution in [0.2, 0.25) is 0 Å². The third-order valence-corrected chi connectivity index (χ3v) is 2.30. The molecule has 1 aromatic heterocycles. The van der Waals surface area contributed by atoms with Gasteiger partial charge in [0, 0.05) is 12.5 Å². The predicted octanol–water partition coefficient (Wildman–Crippen LogP) is 0.407. The maximum atomic E-state index is 11.2. The fraction of sp³-hybridized carbons (Fsp3) is 0.500. The number of aromatic amines is 1. The first-order chi connectivity index (χ1) is 8.00. The molecule has 0 radical (unpaired) electrons. The van der Waals surface area contributed by atoms with Gasteiger partial charge in [-0.05, 0) is 19.8 Å². The van der Waals surface area contributed by atoms with Gasteiger partial charge in [-0.25, -0.2) is 4.98 Å². The van der Waals surface area contributed by atoms with Crippen molar-refractivity contribution in [1.29, 1.82) is 0 Å². The summed E-state index contributed by atoms with van der Waals surface area (Å²) in [5.41, 5.74) is 5.20. The number of nitrogens with zero attached hydrogens (tertiary/aromatic N) is 1. The highest BCUT2D eigenvalue weighted by Crippen LogP contribution is 2.11. The van der Waals surface area contributed by atoms with Crippen LogP contribution in [-0.4, -0.2) is 27.1 Å². The van der Waals surface area contributed by atoms with Gasteiger partial charge in [-0.15, -0.1) is 0 Å². The molecule has 0 amide bonds. The zero-order valence-corrected chi connectivity index (χ0v) is 9.56. The van der Waals surface area contributed by atoms with Crippen LogP contribution in [-0.2, 0) is 4.79 Å². The van der Waals surface area contributed by atoms with Crippen LogP contribution >= 0.6 is 0 Å². The Morgan fingerprint density at radius 2 is 2.41 bits per heavy atom. The molecule has 1 unspecified atom stereocenters. The Bertz CT molecular complexity index is 443. The quantitative estimate of drug-likeness (QED) is 0.571. The van der Waals surface area contributed by atoms with Crippen molar-refractivity contribution in [3.8, 4) is 0 Å². The number of hydrogen-bond donors (Lipinski definition) is 4. The van der Waals surface area contributed by atoms with Gasteiger partial charge in [0.15, 0.2) is 5.82 Å². The highest BCUT2D eigenvalue weighted by Gasteiger charge is 2.08. The van der Waals surface area contributed by atoms with E-state index in [4.69, 9.17) is 10.8 Å². The maximum Gasteiger partial charge on any atom is 0.303 e. The highest BCUT2D eigenvalue weighted by molar-refractivity contribution is 5.66. The highest BCUT2D eigenvalue weighted by atomic mass is 16.4. The minimum absolute atomic E-state index is 0.00551.